The second-order valence-electron chi connectivity index (χ2n) is 0.357. The van der Waals surface area contributed by atoms with E-state index in [2.05, 4.69) is 4.89 Å². The monoisotopic (exact) mass is 134 g/mol. The molecule has 0 radical (unpaired) electrons. The van der Waals surface area contributed by atoms with Crippen LogP contribution < -0.4 is 0 Å². The van der Waals surface area contributed by atoms with Gasteiger partial charge in [0.2, 0.25) is 0 Å². The van der Waals surface area contributed by atoms with Crippen LogP contribution in [0.2, 0.25) is 0 Å². The van der Waals surface area contributed by atoms with Crippen LogP contribution in [0.1, 0.15) is 0 Å². The summed E-state index contributed by atoms with van der Waals surface area (Å²) in [5.41, 5.74) is 0. The number of rotatable bonds is 0. The second-order valence-corrected chi connectivity index (χ2v) is 0.357. The Morgan fingerprint density at radius 2 is 1.62 bits per heavy atom. The molecule has 0 bridgehead atoms. The summed E-state index contributed by atoms with van der Waals surface area (Å²) in [6.45, 7) is 0. The third-order valence-electron chi connectivity index (χ3n) is 0.0781. The van der Waals surface area contributed by atoms with Crippen molar-refractivity contribution in [3.05, 3.63) is 0 Å². The van der Waals surface area contributed by atoms with E-state index in [0.29, 0.717) is 0 Å². The van der Waals surface area contributed by atoms with Crippen molar-refractivity contribution in [3.63, 3.8) is 0 Å². The summed E-state index contributed by atoms with van der Waals surface area (Å²) in [6, 6.07) is 0. The van der Waals surface area contributed by atoms with Gasteiger partial charge in [0.15, 0.2) is 17.4 Å². The zero-order valence-corrected chi connectivity index (χ0v) is 2.71. The van der Waals surface area contributed by atoms with E-state index >= 15 is 0 Å². The molecule has 0 saturated carbocycles. The molecule has 0 spiro atoms. The molecule has 0 atom stereocenters. The van der Waals surface area contributed by atoms with Gasteiger partial charge in [0, 0.05) is 0 Å². The van der Waals surface area contributed by atoms with E-state index in [4.69, 9.17) is 15.2 Å². The fraction of sp³-hybridized carbons (Fsp3) is 0. The quantitative estimate of drug-likeness (QED) is 0.217. The molecule has 0 heterocycles. The molecule has 0 aliphatic rings. The second kappa shape index (κ2) is 15.7. The van der Waals surface area contributed by atoms with E-state index < -0.39 is 6.16 Å². The zero-order valence-electron chi connectivity index (χ0n) is 2.71. The Balaban J connectivity index is -0.0000000267. The Morgan fingerprint density at radius 1 is 1.50 bits per heavy atom. The summed E-state index contributed by atoms with van der Waals surface area (Å²) in [7, 11) is 0. The van der Waals surface area contributed by atoms with E-state index in [9.17, 15) is 0 Å². The molecule has 0 aromatic heterocycles. The Labute approximate surface area is 68.2 Å². The normalized spacial score (nSPS) is 4.12. The van der Waals surface area contributed by atoms with Crippen molar-refractivity contribution in [2.24, 2.45) is 0 Å². The van der Waals surface area contributed by atoms with Gasteiger partial charge in [-0.05, 0) is 0 Å². The fourth-order valence-electron chi connectivity index (χ4n) is 0. The van der Waals surface area contributed by atoms with Gasteiger partial charge in [0.05, 0.1) is 0 Å². The van der Waals surface area contributed by atoms with Crippen molar-refractivity contribution in [3.8, 4) is 0 Å². The maximum absolute atomic E-state index is 8.90. The van der Waals surface area contributed by atoms with Gasteiger partial charge in [-0.3, -0.25) is 4.89 Å². The van der Waals surface area contributed by atoms with Crippen LogP contribution in [0.3, 0.4) is 0 Å². The summed E-state index contributed by atoms with van der Waals surface area (Å²) in [5.74, 6) is 0. The molecule has 0 unspecified atom stereocenters. The Morgan fingerprint density at radius 3 is 1.62 bits per heavy atom. The SMILES string of the molecule is O.O=C(O)OO.[AlH3].[LiH]. The summed E-state index contributed by atoms with van der Waals surface area (Å²) < 4.78 is 0. The van der Waals surface area contributed by atoms with Gasteiger partial charge in [0.1, 0.15) is 0 Å². The van der Waals surface area contributed by atoms with E-state index in [1.807, 2.05) is 0 Å². The molecule has 0 aromatic rings. The van der Waals surface area contributed by atoms with Gasteiger partial charge in [-0.1, -0.05) is 0 Å². The average Bonchev–Trinajstić information content (AvgIpc) is 1.38. The van der Waals surface area contributed by atoms with Crippen molar-refractivity contribution in [2.45, 2.75) is 0 Å². The fourth-order valence-corrected chi connectivity index (χ4v) is 0. The van der Waals surface area contributed by atoms with Gasteiger partial charge in [-0.15, -0.1) is 0 Å². The molecule has 46 valence electrons. The van der Waals surface area contributed by atoms with Gasteiger partial charge in [0.25, 0.3) is 0 Å². The number of carboxylic acid groups (broad SMARTS) is 1. The third-order valence-corrected chi connectivity index (χ3v) is 0.0781. The van der Waals surface area contributed by atoms with Crippen molar-refractivity contribution in [1.29, 1.82) is 0 Å². The molecule has 0 saturated heterocycles. The maximum atomic E-state index is 8.90. The molecule has 0 amide bonds. The Hall–Kier alpha value is 0.320. The number of hydrogen-bond donors (Lipinski definition) is 2. The molecule has 0 aliphatic carbocycles. The molecule has 0 fully saturated rings. The zero-order chi connectivity index (χ0) is 4.28. The summed E-state index contributed by atoms with van der Waals surface area (Å²) in [4.78, 5) is 11.6. The first kappa shape index (κ1) is 23.9. The van der Waals surface area contributed by atoms with Gasteiger partial charge in [-0.25, -0.2) is 4.79 Å². The number of hydrogen-bond acceptors (Lipinski definition) is 3. The predicted octanol–water partition coefficient (Wildman–Crippen LogP) is -2.50. The molecule has 7 heteroatoms. The summed E-state index contributed by atoms with van der Waals surface area (Å²) in [5, 5.41) is 14.3. The van der Waals surface area contributed by atoms with Crippen molar-refractivity contribution < 1.29 is 25.5 Å². The molecule has 0 aliphatic heterocycles. The summed E-state index contributed by atoms with van der Waals surface area (Å²) in [6.07, 6.45) is -1.69. The van der Waals surface area contributed by atoms with Crippen LogP contribution in [-0.2, 0) is 4.89 Å². The molecule has 4 N–H and O–H groups in total. The minimum atomic E-state index is -1.69. The van der Waals surface area contributed by atoms with E-state index in [1.165, 1.54) is 0 Å². The first-order valence-electron chi connectivity index (χ1n) is 0.814. The van der Waals surface area contributed by atoms with Crippen LogP contribution >= 0.6 is 0 Å². The van der Waals surface area contributed by atoms with Gasteiger partial charge < -0.3 is 10.6 Å². The number of carbonyl (C=O) groups is 1. The van der Waals surface area contributed by atoms with Gasteiger partial charge >= 0.3 is 25.0 Å². The van der Waals surface area contributed by atoms with Crippen LogP contribution in [0.15, 0.2) is 0 Å². The standard InChI is InChI=1S/CH2O4.Al.Li.H2O.4H/c2-1(3)5-4;;;;;;;/h4H,(H,2,3);;;1H2;;;;. The van der Waals surface area contributed by atoms with Crippen LogP contribution in [0.4, 0.5) is 4.79 Å². The predicted molar refractivity (Wildman–Crippen MR) is 32.4 cm³/mol. The molecule has 0 aromatic carbocycles. The Bertz CT molecular complexity index is 47.7. The van der Waals surface area contributed by atoms with Crippen LogP contribution in [0, 0.1) is 0 Å². The van der Waals surface area contributed by atoms with E-state index in [0.717, 1.165) is 0 Å². The first-order valence-corrected chi connectivity index (χ1v) is 0.814. The van der Waals surface area contributed by atoms with Crippen LogP contribution in [0.5, 0.6) is 0 Å². The molecule has 8 heavy (non-hydrogen) atoms. The van der Waals surface area contributed by atoms with E-state index in [1.54, 1.807) is 0 Å². The van der Waals surface area contributed by atoms with E-state index in [-0.39, 0.29) is 41.7 Å². The first-order chi connectivity index (χ1) is 2.27. The molecule has 0 rings (SSSR count). The Kier molecular flexibility index (Phi) is 46.8. The average molecular weight is 134 g/mol. The van der Waals surface area contributed by atoms with Gasteiger partial charge in [-0.2, -0.15) is 5.26 Å². The topological polar surface area (TPSA) is 98.3 Å². The molecular weight excluding hydrogens is 126 g/mol. The summed E-state index contributed by atoms with van der Waals surface area (Å²) >= 11 is 0. The van der Waals surface area contributed by atoms with Crippen molar-refractivity contribution in [2.75, 3.05) is 0 Å². The van der Waals surface area contributed by atoms with Crippen molar-refractivity contribution >= 4 is 42.4 Å². The van der Waals surface area contributed by atoms with Crippen LogP contribution in [-0.4, -0.2) is 58.2 Å². The third kappa shape index (κ3) is 33.2. The van der Waals surface area contributed by atoms with Crippen molar-refractivity contribution in [1.82, 2.24) is 0 Å². The molecule has 5 nitrogen and oxygen atoms in total. The molecular formula is CH8AlLiO5. The minimum absolute atomic E-state index is 0. The van der Waals surface area contributed by atoms with Crippen LogP contribution in [0.25, 0.3) is 0 Å².